The van der Waals surface area contributed by atoms with Crippen LogP contribution in [0, 0.1) is 5.41 Å². The van der Waals surface area contributed by atoms with Crippen LogP contribution in [-0.2, 0) is 6.54 Å². The number of aromatic nitrogens is 2. The van der Waals surface area contributed by atoms with Crippen molar-refractivity contribution in [1.29, 1.82) is 0 Å². The van der Waals surface area contributed by atoms with Crippen LogP contribution in [0.25, 0.3) is 0 Å². The van der Waals surface area contributed by atoms with Gasteiger partial charge in [-0.3, -0.25) is 0 Å². The Morgan fingerprint density at radius 3 is 2.24 bits per heavy atom. The molecule has 120 valence electrons. The maximum Gasteiger partial charge on any atom is 0.0945 e. The Bertz CT molecular complexity index is 365. The third kappa shape index (κ3) is 5.09. The molecular formula is C16H29N3O2. The number of nitrogens with zero attached hydrogens (tertiary/aromatic N) is 3. The summed E-state index contributed by atoms with van der Waals surface area (Å²) in [6.45, 7) is 4.89. The maximum absolute atomic E-state index is 9.24. The molecule has 0 radical (unpaired) electrons. The zero-order valence-corrected chi connectivity index (χ0v) is 13.0. The number of piperidine rings is 1. The third-order valence-electron chi connectivity index (χ3n) is 4.90. The van der Waals surface area contributed by atoms with Gasteiger partial charge in [0.1, 0.15) is 0 Å². The minimum atomic E-state index is 0.177. The van der Waals surface area contributed by atoms with Gasteiger partial charge in [-0.1, -0.05) is 0 Å². The van der Waals surface area contributed by atoms with Crippen molar-refractivity contribution < 1.29 is 10.2 Å². The minimum absolute atomic E-state index is 0.177. The summed E-state index contributed by atoms with van der Waals surface area (Å²) < 4.78 is 2.13. The summed E-state index contributed by atoms with van der Waals surface area (Å²) in [6, 6.07) is 0. The van der Waals surface area contributed by atoms with Gasteiger partial charge in [0.25, 0.3) is 0 Å². The van der Waals surface area contributed by atoms with E-state index in [0.717, 1.165) is 51.9 Å². The number of hydrogen-bond acceptors (Lipinski definition) is 4. The van der Waals surface area contributed by atoms with Crippen LogP contribution in [0.3, 0.4) is 0 Å². The van der Waals surface area contributed by atoms with E-state index in [4.69, 9.17) is 0 Å². The summed E-state index contributed by atoms with van der Waals surface area (Å²) in [4.78, 5) is 6.58. The molecule has 5 heteroatoms. The number of rotatable bonds is 9. The minimum Gasteiger partial charge on any atom is -0.396 e. The van der Waals surface area contributed by atoms with Crippen molar-refractivity contribution in [2.45, 2.75) is 45.1 Å². The Hall–Kier alpha value is -0.910. The average molecular weight is 295 g/mol. The van der Waals surface area contributed by atoms with Gasteiger partial charge in [-0.05, 0) is 63.6 Å². The Labute approximate surface area is 127 Å². The molecule has 0 amide bonds. The van der Waals surface area contributed by atoms with Crippen molar-refractivity contribution in [2.24, 2.45) is 5.41 Å². The normalized spacial score (nSPS) is 19.0. The Morgan fingerprint density at radius 1 is 1.00 bits per heavy atom. The lowest BCUT2D eigenvalue weighted by Gasteiger charge is -2.41. The molecule has 0 spiro atoms. The number of imidazole rings is 1. The Morgan fingerprint density at radius 2 is 1.67 bits per heavy atom. The van der Waals surface area contributed by atoms with E-state index in [2.05, 4.69) is 14.5 Å². The van der Waals surface area contributed by atoms with Crippen LogP contribution >= 0.6 is 0 Å². The highest BCUT2D eigenvalue weighted by atomic mass is 16.3. The predicted octanol–water partition coefficient (Wildman–Crippen LogP) is 1.51. The average Bonchev–Trinajstić information content (AvgIpc) is 2.99. The summed E-state index contributed by atoms with van der Waals surface area (Å²) in [7, 11) is 0. The number of aryl methyl sites for hydroxylation is 1. The Balaban J connectivity index is 1.64. The maximum atomic E-state index is 9.24. The molecule has 1 fully saturated rings. The smallest absolute Gasteiger partial charge is 0.0945 e. The van der Waals surface area contributed by atoms with Gasteiger partial charge in [0, 0.05) is 32.2 Å². The summed E-state index contributed by atoms with van der Waals surface area (Å²) in [5.41, 5.74) is 0.177. The number of likely N-dealkylation sites (tertiary alicyclic amines) is 1. The fourth-order valence-electron chi connectivity index (χ4n) is 3.40. The van der Waals surface area contributed by atoms with E-state index < -0.39 is 0 Å². The molecule has 21 heavy (non-hydrogen) atoms. The van der Waals surface area contributed by atoms with Crippen LogP contribution in [0.5, 0.6) is 0 Å². The van der Waals surface area contributed by atoms with Crippen molar-refractivity contribution in [3.63, 3.8) is 0 Å². The molecular weight excluding hydrogens is 266 g/mol. The van der Waals surface area contributed by atoms with Gasteiger partial charge in [-0.25, -0.2) is 4.98 Å². The summed E-state index contributed by atoms with van der Waals surface area (Å²) >= 11 is 0. The molecule has 1 saturated heterocycles. The summed E-state index contributed by atoms with van der Waals surface area (Å²) in [5, 5.41) is 18.5. The lowest BCUT2D eigenvalue weighted by molar-refractivity contribution is 0.0519. The molecule has 0 aromatic carbocycles. The van der Waals surface area contributed by atoms with Crippen molar-refractivity contribution in [2.75, 3.05) is 32.8 Å². The highest BCUT2D eigenvalue weighted by Gasteiger charge is 2.33. The monoisotopic (exact) mass is 295 g/mol. The van der Waals surface area contributed by atoms with Gasteiger partial charge in [-0.15, -0.1) is 0 Å². The van der Waals surface area contributed by atoms with Gasteiger partial charge in [0.05, 0.1) is 6.33 Å². The lowest BCUT2D eigenvalue weighted by Crippen LogP contribution is -2.41. The molecule has 1 aliphatic rings. The van der Waals surface area contributed by atoms with Crippen LogP contribution in [0.2, 0.25) is 0 Å². The standard InChI is InChI=1S/C16H29N3O2/c20-13-5-16(6-14-21)3-10-18(11-4-16)8-1-2-9-19-12-7-17-15-19/h7,12,15,20-21H,1-6,8-11,13-14H2. The van der Waals surface area contributed by atoms with Gasteiger partial charge in [0.2, 0.25) is 0 Å². The van der Waals surface area contributed by atoms with Crippen molar-refractivity contribution in [1.82, 2.24) is 14.5 Å². The zero-order valence-electron chi connectivity index (χ0n) is 13.0. The topological polar surface area (TPSA) is 61.5 Å². The second kappa shape index (κ2) is 8.51. The van der Waals surface area contributed by atoms with E-state index in [0.29, 0.717) is 0 Å². The second-order valence-electron chi connectivity index (χ2n) is 6.30. The van der Waals surface area contributed by atoms with E-state index in [-0.39, 0.29) is 18.6 Å². The largest absolute Gasteiger partial charge is 0.396 e. The highest BCUT2D eigenvalue weighted by molar-refractivity contribution is 4.85. The van der Waals surface area contributed by atoms with Crippen LogP contribution in [-0.4, -0.2) is 57.5 Å². The van der Waals surface area contributed by atoms with Gasteiger partial charge in [-0.2, -0.15) is 0 Å². The molecule has 0 atom stereocenters. The van der Waals surface area contributed by atoms with Crippen LogP contribution < -0.4 is 0 Å². The van der Waals surface area contributed by atoms with E-state index in [1.54, 1.807) is 0 Å². The summed E-state index contributed by atoms with van der Waals surface area (Å²) in [6.07, 6.45) is 12.0. The molecule has 0 aliphatic carbocycles. The van der Waals surface area contributed by atoms with E-state index >= 15 is 0 Å². The van der Waals surface area contributed by atoms with Gasteiger partial charge >= 0.3 is 0 Å². The fourth-order valence-corrected chi connectivity index (χ4v) is 3.40. The molecule has 1 aromatic rings. The van der Waals surface area contributed by atoms with E-state index in [1.165, 1.54) is 12.8 Å². The van der Waals surface area contributed by atoms with Crippen molar-refractivity contribution >= 4 is 0 Å². The molecule has 0 bridgehead atoms. The predicted molar refractivity (Wildman–Crippen MR) is 83.0 cm³/mol. The first-order chi connectivity index (χ1) is 10.3. The first-order valence-electron chi connectivity index (χ1n) is 8.18. The number of hydrogen-bond donors (Lipinski definition) is 2. The quantitative estimate of drug-likeness (QED) is 0.678. The van der Waals surface area contributed by atoms with Gasteiger partial charge < -0.3 is 19.7 Å². The first-order valence-corrected chi connectivity index (χ1v) is 8.18. The zero-order chi connectivity index (χ0) is 15.0. The first kappa shape index (κ1) is 16.5. The molecule has 2 heterocycles. The highest BCUT2D eigenvalue weighted by Crippen LogP contribution is 2.37. The molecule has 2 rings (SSSR count). The molecule has 2 N–H and O–H groups in total. The van der Waals surface area contributed by atoms with E-state index in [1.807, 2.05) is 18.7 Å². The second-order valence-corrected chi connectivity index (χ2v) is 6.30. The van der Waals surface area contributed by atoms with Crippen molar-refractivity contribution in [3.8, 4) is 0 Å². The van der Waals surface area contributed by atoms with Gasteiger partial charge in [0.15, 0.2) is 0 Å². The molecule has 0 saturated carbocycles. The Kier molecular flexibility index (Phi) is 6.67. The van der Waals surface area contributed by atoms with Crippen LogP contribution in [0.4, 0.5) is 0 Å². The molecule has 1 aliphatic heterocycles. The molecule has 0 unspecified atom stereocenters. The summed E-state index contributed by atoms with van der Waals surface area (Å²) in [5.74, 6) is 0. The number of aliphatic hydroxyl groups excluding tert-OH is 2. The SMILES string of the molecule is OCCC1(CCO)CCN(CCCCn2ccnc2)CC1. The fraction of sp³-hybridized carbons (Fsp3) is 0.812. The molecule has 5 nitrogen and oxygen atoms in total. The third-order valence-corrected chi connectivity index (χ3v) is 4.90. The lowest BCUT2D eigenvalue weighted by atomic mass is 9.73. The molecule has 1 aromatic heterocycles. The van der Waals surface area contributed by atoms with E-state index in [9.17, 15) is 10.2 Å². The number of unbranched alkanes of at least 4 members (excludes halogenated alkanes) is 1. The number of aliphatic hydroxyl groups is 2. The van der Waals surface area contributed by atoms with Crippen LogP contribution in [0.15, 0.2) is 18.7 Å². The van der Waals surface area contributed by atoms with Crippen LogP contribution in [0.1, 0.15) is 38.5 Å². The van der Waals surface area contributed by atoms with Crippen molar-refractivity contribution in [3.05, 3.63) is 18.7 Å².